The third-order valence-electron chi connectivity index (χ3n) is 4.07. The molecule has 3 nitrogen and oxygen atoms in total. The zero-order chi connectivity index (χ0) is 14.7. The predicted octanol–water partition coefficient (Wildman–Crippen LogP) is 3.43. The van der Waals surface area contributed by atoms with Crippen LogP contribution in [0.25, 0.3) is 0 Å². The highest BCUT2D eigenvalue weighted by Gasteiger charge is 2.20. The number of thiazole rings is 1. The van der Waals surface area contributed by atoms with E-state index in [1.807, 2.05) is 16.8 Å². The molecule has 0 radical (unpaired) electrons. The van der Waals surface area contributed by atoms with Gasteiger partial charge in [-0.05, 0) is 51.4 Å². The average molecular weight is 322 g/mol. The lowest BCUT2D eigenvalue weighted by atomic mass is 10.1. The first-order valence-corrected chi connectivity index (χ1v) is 9.27. The van der Waals surface area contributed by atoms with E-state index in [4.69, 9.17) is 0 Å². The molecule has 1 N–H and O–H groups in total. The molecule has 21 heavy (non-hydrogen) atoms. The molecule has 0 aliphatic carbocycles. The van der Waals surface area contributed by atoms with Gasteiger partial charge in [-0.15, -0.1) is 22.7 Å². The molecule has 0 spiro atoms. The van der Waals surface area contributed by atoms with Crippen LogP contribution >= 0.6 is 22.7 Å². The minimum Gasteiger partial charge on any atom is -0.316 e. The van der Waals surface area contributed by atoms with Crippen LogP contribution in [0.2, 0.25) is 0 Å². The van der Waals surface area contributed by atoms with Gasteiger partial charge >= 0.3 is 0 Å². The van der Waals surface area contributed by atoms with Crippen LogP contribution in [0.5, 0.6) is 0 Å². The van der Waals surface area contributed by atoms with Crippen LogP contribution in [0.4, 0.5) is 0 Å². The predicted molar refractivity (Wildman–Crippen MR) is 91.0 cm³/mol. The molecule has 114 valence electrons. The quantitative estimate of drug-likeness (QED) is 0.883. The average Bonchev–Trinajstić information content (AvgIpc) is 3.16. The standard InChI is InChI=1S/C16H23N3S2/c1-12-3-4-15(21-12)9-19(8-14-5-6-17-7-14)10-16-13(2)18-11-20-16/h3-4,11,14,17H,5-10H2,1-2H3/t14-/m0/s1. The Hall–Kier alpha value is -0.750. The lowest BCUT2D eigenvalue weighted by Crippen LogP contribution is -2.29. The lowest BCUT2D eigenvalue weighted by molar-refractivity contribution is 0.224. The van der Waals surface area contributed by atoms with Crippen molar-refractivity contribution in [2.75, 3.05) is 19.6 Å². The van der Waals surface area contributed by atoms with Crippen molar-refractivity contribution in [3.63, 3.8) is 0 Å². The summed E-state index contributed by atoms with van der Waals surface area (Å²) in [5, 5.41) is 3.48. The second-order valence-corrected chi connectivity index (χ2v) is 8.21. The van der Waals surface area contributed by atoms with E-state index in [0.29, 0.717) is 0 Å². The molecule has 0 amide bonds. The van der Waals surface area contributed by atoms with Crippen molar-refractivity contribution >= 4 is 22.7 Å². The topological polar surface area (TPSA) is 28.2 Å². The zero-order valence-corrected chi connectivity index (χ0v) is 14.4. The van der Waals surface area contributed by atoms with E-state index in [9.17, 15) is 0 Å². The Balaban J connectivity index is 1.68. The largest absolute Gasteiger partial charge is 0.316 e. The Morgan fingerprint density at radius 2 is 2.24 bits per heavy atom. The highest BCUT2D eigenvalue weighted by Crippen LogP contribution is 2.22. The minimum atomic E-state index is 0.791. The fourth-order valence-corrected chi connectivity index (χ4v) is 4.64. The van der Waals surface area contributed by atoms with Gasteiger partial charge in [-0.3, -0.25) is 4.90 Å². The molecule has 2 aromatic heterocycles. The van der Waals surface area contributed by atoms with Crippen LogP contribution in [0.3, 0.4) is 0 Å². The van der Waals surface area contributed by atoms with Crippen molar-refractivity contribution in [1.82, 2.24) is 15.2 Å². The monoisotopic (exact) mass is 321 g/mol. The van der Waals surface area contributed by atoms with Gasteiger partial charge in [0, 0.05) is 34.3 Å². The summed E-state index contributed by atoms with van der Waals surface area (Å²) in [7, 11) is 0. The van der Waals surface area contributed by atoms with Crippen molar-refractivity contribution in [1.29, 1.82) is 0 Å². The molecule has 1 atom stereocenters. The van der Waals surface area contributed by atoms with Crippen molar-refractivity contribution in [3.8, 4) is 0 Å². The Morgan fingerprint density at radius 3 is 2.86 bits per heavy atom. The first kappa shape index (κ1) is 15.2. The van der Waals surface area contributed by atoms with Crippen LogP contribution in [-0.2, 0) is 13.1 Å². The smallest absolute Gasteiger partial charge is 0.0798 e. The summed E-state index contributed by atoms with van der Waals surface area (Å²) in [5.41, 5.74) is 3.16. The molecular formula is C16H23N3S2. The van der Waals surface area contributed by atoms with Gasteiger partial charge in [0.2, 0.25) is 0 Å². The molecule has 0 bridgehead atoms. The maximum absolute atomic E-state index is 4.39. The highest BCUT2D eigenvalue weighted by molar-refractivity contribution is 7.11. The Kier molecular flexibility index (Phi) is 5.06. The summed E-state index contributed by atoms with van der Waals surface area (Å²) in [6, 6.07) is 4.51. The van der Waals surface area contributed by atoms with Gasteiger partial charge in [0.15, 0.2) is 0 Å². The number of aromatic nitrogens is 1. The molecule has 0 unspecified atom stereocenters. The van der Waals surface area contributed by atoms with Crippen molar-refractivity contribution < 1.29 is 0 Å². The fraction of sp³-hybridized carbons (Fsp3) is 0.562. The van der Waals surface area contributed by atoms with E-state index >= 15 is 0 Å². The van der Waals surface area contributed by atoms with Crippen LogP contribution in [0.1, 0.15) is 26.7 Å². The van der Waals surface area contributed by atoms with Gasteiger partial charge in [0.1, 0.15) is 0 Å². The normalized spacial score (nSPS) is 18.7. The summed E-state index contributed by atoms with van der Waals surface area (Å²) < 4.78 is 0. The van der Waals surface area contributed by atoms with Crippen LogP contribution in [-0.4, -0.2) is 29.5 Å². The summed E-state index contributed by atoms with van der Waals surface area (Å²) in [5.74, 6) is 0.791. The first-order valence-electron chi connectivity index (χ1n) is 7.58. The van der Waals surface area contributed by atoms with E-state index in [-0.39, 0.29) is 0 Å². The van der Waals surface area contributed by atoms with E-state index in [1.54, 1.807) is 11.3 Å². The zero-order valence-electron chi connectivity index (χ0n) is 12.8. The highest BCUT2D eigenvalue weighted by atomic mass is 32.1. The van der Waals surface area contributed by atoms with Crippen molar-refractivity contribution in [2.45, 2.75) is 33.4 Å². The van der Waals surface area contributed by atoms with E-state index in [0.717, 1.165) is 19.0 Å². The molecule has 0 aromatic carbocycles. The first-order chi connectivity index (χ1) is 10.2. The third kappa shape index (κ3) is 4.13. The Labute approximate surface area is 135 Å². The molecule has 2 aromatic rings. The molecule has 1 saturated heterocycles. The molecule has 5 heteroatoms. The molecular weight excluding hydrogens is 298 g/mol. The molecule has 1 aliphatic rings. The number of nitrogens with one attached hydrogen (secondary N) is 1. The minimum absolute atomic E-state index is 0.791. The maximum Gasteiger partial charge on any atom is 0.0798 e. The molecule has 0 saturated carbocycles. The molecule has 1 aliphatic heterocycles. The lowest BCUT2D eigenvalue weighted by Gasteiger charge is -2.24. The van der Waals surface area contributed by atoms with Gasteiger partial charge < -0.3 is 5.32 Å². The second-order valence-electron chi connectivity index (χ2n) is 5.90. The fourth-order valence-electron chi connectivity index (χ4n) is 2.89. The van der Waals surface area contributed by atoms with Crippen LogP contribution < -0.4 is 5.32 Å². The SMILES string of the molecule is Cc1ccc(CN(Cc2scnc2C)C[C@H]2CCNC2)s1. The van der Waals surface area contributed by atoms with Gasteiger partial charge in [-0.2, -0.15) is 0 Å². The number of thiophene rings is 1. The number of nitrogens with zero attached hydrogens (tertiary/aromatic N) is 2. The van der Waals surface area contributed by atoms with Gasteiger partial charge in [-0.1, -0.05) is 0 Å². The van der Waals surface area contributed by atoms with Gasteiger partial charge in [0.05, 0.1) is 11.2 Å². The Bertz CT molecular complexity index is 570. The van der Waals surface area contributed by atoms with Gasteiger partial charge in [0.25, 0.3) is 0 Å². The summed E-state index contributed by atoms with van der Waals surface area (Å²) >= 11 is 3.71. The number of hydrogen-bond acceptors (Lipinski definition) is 5. The van der Waals surface area contributed by atoms with E-state index in [1.165, 1.54) is 46.4 Å². The Morgan fingerprint density at radius 1 is 1.33 bits per heavy atom. The summed E-state index contributed by atoms with van der Waals surface area (Å²) in [6.45, 7) is 9.93. The van der Waals surface area contributed by atoms with E-state index < -0.39 is 0 Å². The number of hydrogen-bond donors (Lipinski definition) is 1. The molecule has 1 fully saturated rings. The summed E-state index contributed by atoms with van der Waals surface area (Å²) in [6.07, 6.45) is 1.31. The number of rotatable bonds is 6. The third-order valence-corrected chi connectivity index (χ3v) is 5.97. The molecule has 3 rings (SSSR count). The maximum atomic E-state index is 4.39. The molecule has 3 heterocycles. The number of aryl methyl sites for hydroxylation is 2. The second kappa shape index (κ2) is 7.01. The van der Waals surface area contributed by atoms with Gasteiger partial charge in [-0.25, -0.2) is 4.98 Å². The van der Waals surface area contributed by atoms with Crippen molar-refractivity contribution in [3.05, 3.63) is 38.0 Å². The summed E-state index contributed by atoms with van der Waals surface area (Å²) in [4.78, 5) is 11.3. The van der Waals surface area contributed by atoms with Crippen molar-refractivity contribution in [2.24, 2.45) is 5.92 Å². The van der Waals surface area contributed by atoms with Crippen LogP contribution in [0.15, 0.2) is 17.6 Å². The van der Waals surface area contributed by atoms with E-state index in [2.05, 4.69) is 41.2 Å². The van der Waals surface area contributed by atoms with Crippen LogP contribution in [0, 0.1) is 19.8 Å².